The Hall–Kier alpha value is -1.61. The summed E-state index contributed by atoms with van der Waals surface area (Å²) in [6, 6.07) is 11.1. The molecular formula is C23H38IN5O. The van der Waals surface area contributed by atoms with Crippen molar-refractivity contribution in [3.8, 4) is 0 Å². The van der Waals surface area contributed by atoms with Gasteiger partial charge in [-0.05, 0) is 44.9 Å². The molecule has 0 saturated carbocycles. The topological polar surface area (TPSA) is 65.7 Å². The first-order chi connectivity index (χ1) is 14.0. The van der Waals surface area contributed by atoms with Crippen molar-refractivity contribution >= 4 is 29.9 Å². The first-order valence-corrected chi connectivity index (χ1v) is 10.6. The van der Waals surface area contributed by atoms with E-state index in [0.29, 0.717) is 18.5 Å². The van der Waals surface area contributed by atoms with Gasteiger partial charge in [-0.2, -0.15) is 0 Å². The van der Waals surface area contributed by atoms with Crippen LogP contribution in [0.25, 0.3) is 0 Å². The molecule has 0 aliphatic carbocycles. The van der Waals surface area contributed by atoms with Crippen molar-refractivity contribution in [1.82, 2.24) is 20.7 Å². The molecule has 0 aliphatic heterocycles. The maximum Gasteiger partial charge on any atom is 0.191 e. The van der Waals surface area contributed by atoms with Gasteiger partial charge in [0.1, 0.15) is 0 Å². The van der Waals surface area contributed by atoms with Crippen LogP contribution < -0.4 is 10.6 Å². The second kappa shape index (κ2) is 13.6. The Morgan fingerprint density at radius 3 is 2.33 bits per heavy atom. The van der Waals surface area contributed by atoms with Crippen LogP contribution in [0.4, 0.5) is 0 Å². The van der Waals surface area contributed by atoms with Gasteiger partial charge >= 0.3 is 0 Å². The highest BCUT2D eigenvalue weighted by atomic mass is 127. The molecule has 1 heterocycles. The predicted molar refractivity (Wildman–Crippen MR) is 135 cm³/mol. The van der Waals surface area contributed by atoms with E-state index in [1.807, 2.05) is 0 Å². The van der Waals surface area contributed by atoms with E-state index in [9.17, 15) is 0 Å². The van der Waals surface area contributed by atoms with Gasteiger partial charge in [0.05, 0.1) is 12.2 Å². The standard InChI is InChI=1S/C23H37N5O.HI/c1-7-18(8-2)22-13-21(29-27-22)15-26-23(24-5)25-14-19-11-9-10-12-20(19)16-28(6)17(3)4;/h9-13,17-18H,7-8,14-16H2,1-6H3,(H2,24,25,26);1H. The largest absolute Gasteiger partial charge is 0.359 e. The Labute approximate surface area is 198 Å². The fourth-order valence-corrected chi connectivity index (χ4v) is 3.22. The molecule has 0 unspecified atom stereocenters. The molecule has 0 saturated heterocycles. The number of aliphatic imine (C=N–C) groups is 1. The second-order valence-corrected chi connectivity index (χ2v) is 7.79. The molecule has 0 radical (unpaired) electrons. The number of hydrogen-bond donors (Lipinski definition) is 2. The molecule has 30 heavy (non-hydrogen) atoms. The lowest BCUT2D eigenvalue weighted by atomic mass is 9.99. The van der Waals surface area contributed by atoms with E-state index in [1.165, 1.54) is 11.1 Å². The molecular weight excluding hydrogens is 489 g/mol. The second-order valence-electron chi connectivity index (χ2n) is 7.79. The van der Waals surface area contributed by atoms with Crippen LogP contribution in [0.5, 0.6) is 0 Å². The minimum absolute atomic E-state index is 0. The third kappa shape index (κ3) is 7.91. The van der Waals surface area contributed by atoms with Crippen molar-refractivity contribution in [2.75, 3.05) is 14.1 Å². The molecule has 168 valence electrons. The summed E-state index contributed by atoms with van der Waals surface area (Å²) in [4.78, 5) is 6.67. The Morgan fingerprint density at radius 2 is 1.73 bits per heavy atom. The van der Waals surface area contributed by atoms with Crippen LogP contribution in [0, 0.1) is 0 Å². The molecule has 2 N–H and O–H groups in total. The number of nitrogens with one attached hydrogen (secondary N) is 2. The molecule has 2 aromatic rings. The van der Waals surface area contributed by atoms with E-state index in [4.69, 9.17) is 4.52 Å². The summed E-state index contributed by atoms with van der Waals surface area (Å²) in [5, 5.41) is 11.0. The van der Waals surface area contributed by atoms with Gasteiger partial charge in [-0.1, -0.05) is 43.3 Å². The molecule has 7 heteroatoms. The quantitative estimate of drug-likeness (QED) is 0.262. The average Bonchev–Trinajstić information content (AvgIpc) is 3.18. The summed E-state index contributed by atoms with van der Waals surface area (Å²) in [5.74, 6) is 2.04. The molecule has 0 bridgehead atoms. The predicted octanol–water partition coefficient (Wildman–Crippen LogP) is 4.90. The highest BCUT2D eigenvalue weighted by Gasteiger charge is 2.13. The van der Waals surface area contributed by atoms with E-state index < -0.39 is 0 Å². The molecule has 0 atom stereocenters. The molecule has 1 aromatic carbocycles. The SMILES string of the molecule is CCC(CC)c1cc(CNC(=NC)NCc2ccccc2CN(C)C(C)C)on1.I. The van der Waals surface area contributed by atoms with Gasteiger partial charge in [0.15, 0.2) is 11.7 Å². The van der Waals surface area contributed by atoms with E-state index in [1.54, 1.807) is 7.05 Å². The molecule has 2 rings (SSSR count). The monoisotopic (exact) mass is 527 g/mol. The lowest BCUT2D eigenvalue weighted by Crippen LogP contribution is -2.36. The third-order valence-corrected chi connectivity index (χ3v) is 5.50. The molecule has 0 aliphatic rings. The van der Waals surface area contributed by atoms with Crippen molar-refractivity contribution in [1.29, 1.82) is 0 Å². The smallest absolute Gasteiger partial charge is 0.191 e. The van der Waals surface area contributed by atoms with E-state index in [-0.39, 0.29) is 24.0 Å². The van der Waals surface area contributed by atoms with Crippen LogP contribution in [0.15, 0.2) is 39.8 Å². The number of halogens is 1. The van der Waals surface area contributed by atoms with Crippen LogP contribution >= 0.6 is 24.0 Å². The van der Waals surface area contributed by atoms with Crippen LogP contribution in [0.3, 0.4) is 0 Å². The lowest BCUT2D eigenvalue weighted by molar-refractivity contribution is 0.265. The maximum atomic E-state index is 5.49. The van der Waals surface area contributed by atoms with Gasteiger partial charge in [-0.3, -0.25) is 9.89 Å². The van der Waals surface area contributed by atoms with Crippen molar-refractivity contribution in [3.63, 3.8) is 0 Å². The Balaban J connectivity index is 0.00000450. The fourth-order valence-electron chi connectivity index (χ4n) is 3.22. The fraction of sp³-hybridized carbons (Fsp3) is 0.565. The Kier molecular flexibility index (Phi) is 12.0. The zero-order valence-electron chi connectivity index (χ0n) is 19.2. The number of guanidine groups is 1. The Morgan fingerprint density at radius 1 is 1.10 bits per heavy atom. The van der Waals surface area contributed by atoms with Crippen molar-refractivity contribution in [3.05, 3.63) is 52.9 Å². The summed E-state index contributed by atoms with van der Waals surface area (Å²) < 4.78 is 5.49. The van der Waals surface area contributed by atoms with Crippen LogP contribution in [0.2, 0.25) is 0 Å². The van der Waals surface area contributed by atoms with Crippen molar-refractivity contribution in [2.24, 2.45) is 4.99 Å². The number of hydrogen-bond acceptors (Lipinski definition) is 4. The van der Waals surface area contributed by atoms with Crippen LogP contribution in [-0.4, -0.2) is 36.2 Å². The first kappa shape index (κ1) is 26.4. The summed E-state index contributed by atoms with van der Waals surface area (Å²) in [6.45, 7) is 11.0. The van der Waals surface area contributed by atoms with Gasteiger partial charge in [-0.15, -0.1) is 24.0 Å². The minimum Gasteiger partial charge on any atom is -0.359 e. The molecule has 0 spiro atoms. The van der Waals surface area contributed by atoms with Gasteiger partial charge < -0.3 is 15.2 Å². The van der Waals surface area contributed by atoms with E-state index >= 15 is 0 Å². The third-order valence-electron chi connectivity index (χ3n) is 5.50. The summed E-state index contributed by atoms with van der Waals surface area (Å²) in [5.41, 5.74) is 3.65. The minimum atomic E-state index is 0. The summed E-state index contributed by atoms with van der Waals surface area (Å²) >= 11 is 0. The average molecular weight is 527 g/mol. The highest BCUT2D eigenvalue weighted by Crippen LogP contribution is 2.22. The zero-order chi connectivity index (χ0) is 21.2. The number of nitrogens with zero attached hydrogens (tertiary/aromatic N) is 3. The van der Waals surface area contributed by atoms with E-state index in [0.717, 1.165) is 43.3 Å². The molecule has 0 fully saturated rings. The summed E-state index contributed by atoms with van der Waals surface area (Å²) in [7, 11) is 3.94. The lowest BCUT2D eigenvalue weighted by Gasteiger charge is -2.23. The number of benzene rings is 1. The normalized spacial score (nSPS) is 11.8. The number of aromatic nitrogens is 1. The molecule has 6 nitrogen and oxygen atoms in total. The zero-order valence-corrected chi connectivity index (χ0v) is 21.6. The van der Waals surface area contributed by atoms with Crippen molar-refractivity contribution in [2.45, 2.75) is 72.1 Å². The number of rotatable bonds is 10. The van der Waals surface area contributed by atoms with Crippen LogP contribution in [-0.2, 0) is 19.6 Å². The van der Waals surface area contributed by atoms with Gasteiger partial charge in [-0.25, -0.2) is 0 Å². The molecule has 0 amide bonds. The summed E-state index contributed by atoms with van der Waals surface area (Å²) in [6.07, 6.45) is 2.15. The van der Waals surface area contributed by atoms with Gasteiger partial charge in [0.2, 0.25) is 0 Å². The first-order valence-electron chi connectivity index (χ1n) is 10.6. The van der Waals surface area contributed by atoms with Crippen LogP contribution in [0.1, 0.15) is 69.0 Å². The van der Waals surface area contributed by atoms with Gasteiger partial charge in [0, 0.05) is 38.2 Å². The maximum absolute atomic E-state index is 5.49. The van der Waals surface area contributed by atoms with Gasteiger partial charge in [0.25, 0.3) is 0 Å². The van der Waals surface area contributed by atoms with E-state index in [2.05, 4.69) is 90.8 Å². The molecule has 1 aromatic heterocycles. The highest BCUT2D eigenvalue weighted by molar-refractivity contribution is 14.0. The Bertz CT molecular complexity index is 770. The van der Waals surface area contributed by atoms with Crippen molar-refractivity contribution < 1.29 is 4.52 Å².